The number of nitrogens with zero attached hydrogens (tertiary/aromatic N) is 3. The minimum Gasteiger partial charge on any atom is -0.299 e. The summed E-state index contributed by atoms with van der Waals surface area (Å²) in [7, 11) is 0. The molecule has 1 saturated carbocycles. The summed E-state index contributed by atoms with van der Waals surface area (Å²) in [5, 5.41) is 3.45. The molecule has 0 aliphatic heterocycles. The first-order chi connectivity index (χ1) is 5.25. The molecule has 0 N–H and O–H groups in total. The number of ketones is 1. The Morgan fingerprint density at radius 3 is 3.00 bits per heavy atom. The van der Waals surface area contributed by atoms with E-state index in [0.29, 0.717) is 0 Å². The second-order valence-electron chi connectivity index (χ2n) is 2.96. The number of carbonyl (C=O) groups is 1. The van der Waals surface area contributed by atoms with Gasteiger partial charge in [0.1, 0.15) is 5.78 Å². The Hall–Kier alpha value is -1.02. The van der Waals surface area contributed by atoms with Crippen LogP contribution in [-0.4, -0.2) is 11.8 Å². The molecule has 2 atom stereocenters. The molecule has 0 aromatic heterocycles. The highest BCUT2D eigenvalue weighted by Crippen LogP contribution is 2.22. The average Bonchev–Trinajstić information content (AvgIpc) is 1.99. The van der Waals surface area contributed by atoms with E-state index < -0.39 is 0 Å². The fraction of sp³-hybridized carbons (Fsp3) is 0.857. The summed E-state index contributed by atoms with van der Waals surface area (Å²) in [6.07, 6.45) is 2.67. The number of rotatable bonds is 1. The van der Waals surface area contributed by atoms with Crippen molar-refractivity contribution in [3.8, 4) is 0 Å². The second-order valence-corrected chi connectivity index (χ2v) is 2.96. The Kier molecular flexibility index (Phi) is 2.49. The third-order valence-electron chi connectivity index (χ3n) is 2.12. The molecule has 0 spiro atoms. The molecule has 0 radical (unpaired) electrons. The van der Waals surface area contributed by atoms with Crippen molar-refractivity contribution in [2.24, 2.45) is 11.0 Å². The van der Waals surface area contributed by atoms with Crippen LogP contribution < -0.4 is 0 Å². The van der Waals surface area contributed by atoms with Gasteiger partial charge in [0.05, 0.1) is 6.04 Å². The zero-order valence-electron chi connectivity index (χ0n) is 6.53. The first-order valence-electron chi connectivity index (χ1n) is 3.83. The topological polar surface area (TPSA) is 65.8 Å². The first-order valence-corrected chi connectivity index (χ1v) is 3.83. The van der Waals surface area contributed by atoms with Crippen molar-refractivity contribution in [3.63, 3.8) is 0 Å². The standard InChI is InChI=1S/C7H11N3O/c1-5-3-2-4-6(7(5)11)9-10-8/h5-6H,2-4H2,1H3/t5-,6-/m1/s1. The highest BCUT2D eigenvalue weighted by molar-refractivity contribution is 5.86. The van der Waals surface area contributed by atoms with Gasteiger partial charge >= 0.3 is 0 Å². The molecule has 0 unspecified atom stereocenters. The average molecular weight is 153 g/mol. The summed E-state index contributed by atoms with van der Waals surface area (Å²) >= 11 is 0. The molecule has 0 heterocycles. The molecule has 0 aromatic rings. The van der Waals surface area contributed by atoms with Gasteiger partial charge in [0, 0.05) is 10.8 Å². The van der Waals surface area contributed by atoms with E-state index in [0.717, 1.165) is 19.3 Å². The molecule has 0 saturated heterocycles. The van der Waals surface area contributed by atoms with Crippen molar-refractivity contribution in [1.29, 1.82) is 0 Å². The first kappa shape index (κ1) is 8.08. The zero-order valence-corrected chi connectivity index (χ0v) is 6.53. The van der Waals surface area contributed by atoms with Gasteiger partial charge in [-0.25, -0.2) is 0 Å². The lowest BCUT2D eigenvalue weighted by atomic mass is 9.86. The number of carbonyl (C=O) groups excluding carboxylic acids is 1. The smallest absolute Gasteiger partial charge is 0.144 e. The van der Waals surface area contributed by atoms with Crippen molar-refractivity contribution in [3.05, 3.63) is 10.4 Å². The summed E-state index contributed by atoms with van der Waals surface area (Å²) < 4.78 is 0. The molecule has 1 fully saturated rings. The van der Waals surface area contributed by atoms with Crippen molar-refractivity contribution in [2.45, 2.75) is 32.2 Å². The van der Waals surface area contributed by atoms with Crippen LogP contribution in [0.2, 0.25) is 0 Å². The molecule has 1 aliphatic carbocycles. The summed E-state index contributed by atoms with van der Waals surface area (Å²) in [6, 6.07) is -0.385. The van der Waals surface area contributed by atoms with Gasteiger partial charge in [-0.2, -0.15) is 0 Å². The van der Waals surface area contributed by atoms with Crippen molar-refractivity contribution >= 4 is 5.78 Å². The van der Waals surface area contributed by atoms with Crippen LogP contribution in [0.5, 0.6) is 0 Å². The molecule has 1 rings (SSSR count). The lowest BCUT2D eigenvalue weighted by molar-refractivity contribution is -0.125. The predicted octanol–water partition coefficient (Wildman–Crippen LogP) is 2.05. The summed E-state index contributed by atoms with van der Waals surface area (Å²) in [5.74, 6) is 0.188. The van der Waals surface area contributed by atoms with Crippen LogP contribution in [0.25, 0.3) is 10.4 Å². The van der Waals surface area contributed by atoms with Gasteiger partial charge < -0.3 is 0 Å². The molecule has 0 amide bonds. The number of Topliss-reactive ketones (excluding diaryl/α,β-unsaturated/α-hetero) is 1. The maximum absolute atomic E-state index is 11.3. The molecule has 0 aromatic carbocycles. The second kappa shape index (κ2) is 3.39. The number of hydrogen-bond donors (Lipinski definition) is 0. The Morgan fingerprint density at radius 2 is 2.36 bits per heavy atom. The molecule has 1 aliphatic rings. The van der Waals surface area contributed by atoms with E-state index in [-0.39, 0.29) is 17.7 Å². The fourth-order valence-corrected chi connectivity index (χ4v) is 1.41. The maximum atomic E-state index is 11.3. The highest BCUT2D eigenvalue weighted by atomic mass is 16.1. The minimum atomic E-state index is -0.385. The maximum Gasteiger partial charge on any atom is 0.144 e. The van der Waals surface area contributed by atoms with Gasteiger partial charge in [-0.15, -0.1) is 0 Å². The molecule has 4 heteroatoms. The Labute approximate surface area is 65.2 Å². The molecule has 60 valence electrons. The third kappa shape index (κ3) is 1.71. The van der Waals surface area contributed by atoms with Gasteiger partial charge in [0.2, 0.25) is 0 Å². The van der Waals surface area contributed by atoms with E-state index in [4.69, 9.17) is 5.53 Å². The Balaban J connectivity index is 2.65. The summed E-state index contributed by atoms with van der Waals surface area (Å²) in [4.78, 5) is 13.9. The van der Waals surface area contributed by atoms with Crippen LogP contribution >= 0.6 is 0 Å². The van der Waals surface area contributed by atoms with Crippen molar-refractivity contribution in [1.82, 2.24) is 0 Å². The van der Waals surface area contributed by atoms with E-state index in [9.17, 15) is 4.79 Å². The van der Waals surface area contributed by atoms with Crippen LogP contribution in [0.4, 0.5) is 0 Å². The summed E-state index contributed by atoms with van der Waals surface area (Å²) in [5.41, 5.74) is 8.13. The Morgan fingerprint density at radius 1 is 1.64 bits per heavy atom. The van der Waals surface area contributed by atoms with Gasteiger partial charge in [-0.3, -0.25) is 4.79 Å². The lowest BCUT2D eigenvalue weighted by Crippen LogP contribution is -2.29. The van der Waals surface area contributed by atoms with Crippen LogP contribution in [0.1, 0.15) is 26.2 Å². The Bertz CT molecular complexity index is 208. The predicted molar refractivity (Wildman–Crippen MR) is 41.0 cm³/mol. The monoisotopic (exact) mass is 153 g/mol. The van der Waals surface area contributed by atoms with Gasteiger partial charge in [0.15, 0.2) is 0 Å². The van der Waals surface area contributed by atoms with Crippen LogP contribution in [0, 0.1) is 5.92 Å². The van der Waals surface area contributed by atoms with Gasteiger partial charge in [0.25, 0.3) is 0 Å². The normalized spacial score (nSPS) is 31.2. The van der Waals surface area contributed by atoms with Gasteiger partial charge in [-0.1, -0.05) is 18.5 Å². The van der Waals surface area contributed by atoms with Crippen LogP contribution in [0.3, 0.4) is 0 Å². The number of hydrogen-bond acceptors (Lipinski definition) is 2. The SMILES string of the molecule is C[C@@H]1CCC[C@@H](N=[N+]=[N-])C1=O. The molecule has 0 bridgehead atoms. The van der Waals surface area contributed by atoms with E-state index in [1.165, 1.54) is 0 Å². The molecule has 11 heavy (non-hydrogen) atoms. The van der Waals surface area contributed by atoms with Crippen molar-refractivity contribution < 1.29 is 4.79 Å². The fourth-order valence-electron chi connectivity index (χ4n) is 1.41. The molecular weight excluding hydrogens is 142 g/mol. The van der Waals surface area contributed by atoms with E-state index >= 15 is 0 Å². The van der Waals surface area contributed by atoms with Crippen LogP contribution in [0.15, 0.2) is 5.11 Å². The largest absolute Gasteiger partial charge is 0.299 e. The minimum absolute atomic E-state index is 0.0826. The summed E-state index contributed by atoms with van der Waals surface area (Å²) in [6.45, 7) is 1.89. The number of azide groups is 1. The van der Waals surface area contributed by atoms with E-state index in [1.54, 1.807) is 0 Å². The van der Waals surface area contributed by atoms with Crippen molar-refractivity contribution in [2.75, 3.05) is 0 Å². The zero-order chi connectivity index (χ0) is 8.27. The quantitative estimate of drug-likeness (QED) is 0.323. The van der Waals surface area contributed by atoms with Gasteiger partial charge in [-0.05, 0) is 18.4 Å². The molecular formula is C7H11N3O. The molecule has 4 nitrogen and oxygen atoms in total. The lowest BCUT2D eigenvalue weighted by Gasteiger charge is -2.21. The van der Waals surface area contributed by atoms with Crippen LogP contribution in [-0.2, 0) is 4.79 Å². The van der Waals surface area contributed by atoms with E-state index in [1.807, 2.05) is 6.92 Å². The highest BCUT2D eigenvalue weighted by Gasteiger charge is 2.26. The third-order valence-corrected chi connectivity index (χ3v) is 2.12. The van der Waals surface area contributed by atoms with E-state index in [2.05, 4.69) is 10.0 Å².